The van der Waals surface area contributed by atoms with Gasteiger partial charge in [0, 0.05) is 0 Å². The van der Waals surface area contributed by atoms with Crippen LogP contribution in [-0.2, 0) is 19.6 Å². The molecule has 0 bridgehead atoms. The molecule has 0 saturated heterocycles. The monoisotopic (exact) mass is 240 g/mol. The summed E-state index contributed by atoms with van der Waals surface area (Å²) >= 11 is 0. The van der Waals surface area contributed by atoms with Gasteiger partial charge in [-0.15, -0.1) is 0 Å². The summed E-state index contributed by atoms with van der Waals surface area (Å²) in [5.41, 5.74) is 0.557. The Bertz CT molecular complexity index is 538. The van der Waals surface area contributed by atoms with Crippen molar-refractivity contribution in [3.8, 4) is 0 Å². The van der Waals surface area contributed by atoms with Gasteiger partial charge in [0.15, 0.2) is 0 Å². The number of aryl methyl sites for hydroxylation is 1. The molecule has 0 aliphatic rings. The topological polar surface area (TPSA) is 104 Å². The van der Waals surface area contributed by atoms with E-state index in [1.165, 1.54) is 6.07 Å². The van der Waals surface area contributed by atoms with Crippen LogP contribution in [0.25, 0.3) is 0 Å². The number of isocyanates is 2. The number of nitrogens with one attached hydrogen (secondary N) is 1. The molecule has 16 heavy (non-hydrogen) atoms. The smallest absolute Gasteiger partial charge is 0.222 e. The van der Waals surface area contributed by atoms with Crippen LogP contribution in [0.15, 0.2) is 33.6 Å². The Balaban J connectivity index is 0.000000673. The fraction of sp³-hybridized carbons (Fsp3) is 0.111. The van der Waals surface area contributed by atoms with E-state index >= 15 is 0 Å². The quantitative estimate of drug-likeness (QED) is 0.612. The summed E-state index contributed by atoms with van der Waals surface area (Å²) in [6.07, 6.45) is 1.77. The third kappa shape index (κ3) is 3.98. The lowest BCUT2D eigenvalue weighted by Gasteiger charge is -1.99. The largest absolute Gasteiger partial charge is 0.292 e. The van der Waals surface area contributed by atoms with Gasteiger partial charge in [0.05, 0.1) is 4.90 Å². The summed E-state index contributed by atoms with van der Waals surface area (Å²) in [5.74, 6) is 0. The molecule has 0 unspecified atom stereocenters. The van der Waals surface area contributed by atoms with Crippen LogP contribution in [0.5, 0.6) is 0 Å². The first-order chi connectivity index (χ1) is 7.49. The fourth-order valence-electron chi connectivity index (χ4n) is 0.944. The second-order valence-corrected chi connectivity index (χ2v) is 4.10. The average molecular weight is 240 g/mol. The Morgan fingerprint density at radius 2 is 1.75 bits per heavy atom. The Kier molecular flexibility index (Phi) is 5.59. The molecule has 0 spiro atoms. The van der Waals surface area contributed by atoms with Crippen molar-refractivity contribution in [1.29, 1.82) is 5.41 Å². The van der Waals surface area contributed by atoms with E-state index < -0.39 is 10.0 Å². The minimum Gasteiger partial charge on any atom is -0.222 e. The minimum absolute atomic E-state index is 0.0401. The SMILES string of the molecule is Cc1ccccc1S(=O)(=O)N=C=O.N=C=O. The third-order valence-corrected chi connectivity index (χ3v) is 2.86. The van der Waals surface area contributed by atoms with Crippen LogP contribution in [0.1, 0.15) is 5.56 Å². The molecule has 0 aromatic heterocycles. The molecule has 7 heteroatoms. The number of rotatable bonds is 2. The normalized spacial score (nSPS) is 9.06. The average Bonchev–Trinajstić information content (AvgIpc) is 2.19. The number of benzene rings is 1. The van der Waals surface area contributed by atoms with E-state index in [9.17, 15) is 13.2 Å². The molecular formula is C9H8N2O4S. The van der Waals surface area contributed by atoms with Crippen LogP contribution >= 0.6 is 0 Å². The lowest BCUT2D eigenvalue weighted by atomic mass is 10.2. The van der Waals surface area contributed by atoms with Gasteiger partial charge >= 0.3 is 0 Å². The Morgan fingerprint density at radius 3 is 2.19 bits per heavy atom. The van der Waals surface area contributed by atoms with E-state index in [4.69, 9.17) is 10.2 Å². The van der Waals surface area contributed by atoms with E-state index in [2.05, 4.69) is 4.40 Å². The maximum atomic E-state index is 11.2. The van der Waals surface area contributed by atoms with E-state index in [0.717, 1.165) is 12.2 Å². The highest BCUT2D eigenvalue weighted by Gasteiger charge is 2.14. The van der Waals surface area contributed by atoms with E-state index in [0.29, 0.717) is 5.56 Å². The fourth-order valence-corrected chi connectivity index (χ4v) is 1.87. The molecule has 0 aliphatic heterocycles. The predicted molar refractivity (Wildman–Crippen MR) is 54.9 cm³/mol. The highest BCUT2D eigenvalue weighted by molar-refractivity contribution is 7.90. The summed E-state index contributed by atoms with van der Waals surface area (Å²) in [5, 5.41) is 5.40. The highest BCUT2D eigenvalue weighted by atomic mass is 32.2. The van der Waals surface area contributed by atoms with E-state index in [-0.39, 0.29) is 4.90 Å². The number of hydrogen-bond donors (Lipinski definition) is 1. The summed E-state index contributed by atoms with van der Waals surface area (Å²) in [7, 11) is -3.84. The second-order valence-electron chi connectivity index (χ2n) is 2.53. The molecule has 1 aromatic rings. The number of nitrogens with zero attached hydrogens (tertiary/aromatic N) is 1. The van der Waals surface area contributed by atoms with Crippen molar-refractivity contribution in [2.75, 3.05) is 0 Å². The first kappa shape index (κ1) is 13.9. The van der Waals surface area contributed by atoms with Gasteiger partial charge in [-0.25, -0.2) is 15.0 Å². The molecule has 6 nitrogen and oxygen atoms in total. The summed E-state index contributed by atoms with van der Waals surface area (Å²) in [6.45, 7) is 1.63. The predicted octanol–water partition coefficient (Wildman–Crippen LogP) is 0.920. The van der Waals surface area contributed by atoms with Crippen molar-refractivity contribution < 1.29 is 18.0 Å². The van der Waals surface area contributed by atoms with Crippen LogP contribution in [0.4, 0.5) is 0 Å². The molecule has 0 heterocycles. The molecule has 0 fully saturated rings. The van der Waals surface area contributed by atoms with Gasteiger partial charge in [-0.1, -0.05) is 22.6 Å². The van der Waals surface area contributed by atoms with Crippen LogP contribution in [0.2, 0.25) is 0 Å². The molecule has 0 atom stereocenters. The van der Waals surface area contributed by atoms with Gasteiger partial charge in [-0.3, -0.25) is 0 Å². The molecule has 1 rings (SSSR count). The molecule has 1 aromatic carbocycles. The molecule has 84 valence electrons. The van der Waals surface area contributed by atoms with Gasteiger partial charge in [-0.05, 0) is 18.6 Å². The van der Waals surface area contributed by atoms with Crippen molar-refractivity contribution in [3.05, 3.63) is 29.8 Å². The first-order valence-electron chi connectivity index (χ1n) is 3.93. The van der Waals surface area contributed by atoms with Crippen LogP contribution in [0, 0.1) is 12.3 Å². The van der Waals surface area contributed by atoms with Crippen molar-refractivity contribution in [3.63, 3.8) is 0 Å². The lowest BCUT2D eigenvalue weighted by molar-refractivity contribution is 0.562. The van der Waals surface area contributed by atoms with Crippen molar-refractivity contribution in [1.82, 2.24) is 0 Å². The molecule has 0 radical (unpaired) electrons. The zero-order valence-corrected chi connectivity index (χ0v) is 9.11. The zero-order valence-electron chi connectivity index (χ0n) is 8.30. The Hall–Kier alpha value is -2.07. The highest BCUT2D eigenvalue weighted by Crippen LogP contribution is 2.15. The number of carbonyl (C=O) groups excluding carboxylic acids is 2. The number of hydrogen-bond acceptors (Lipinski definition) is 5. The standard InChI is InChI=1S/C8H7NO3S.CHNO/c1-7-4-2-3-5-8(7)13(11,12)9-6-10;2-1-3/h2-5H,1H3;2H. The maximum Gasteiger partial charge on any atom is 0.292 e. The van der Waals surface area contributed by atoms with Gasteiger partial charge in [0.1, 0.15) is 0 Å². The molecular weight excluding hydrogens is 232 g/mol. The summed E-state index contributed by atoms with van der Waals surface area (Å²) < 4.78 is 25.2. The van der Waals surface area contributed by atoms with Gasteiger partial charge < -0.3 is 0 Å². The molecule has 0 saturated carbocycles. The second kappa shape index (κ2) is 6.42. The van der Waals surface area contributed by atoms with Gasteiger partial charge in [0.2, 0.25) is 6.08 Å². The first-order valence-corrected chi connectivity index (χ1v) is 5.37. The van der Waals surface area contributed by atoms with Crippen molar-refractivity contribution >= 4 is 22.2 Å². The summed E-state index contributed by atoms with van der Waals surface area (Å²) in [4.78, 5) is 18.2. The maximum absolute atomic E-state index is 11.2. The third-order valence-electron chi connectivity index (χ3n) is 1.53. The minimum atomic E-state index is -3.84. The Labute approximate surface area is 92.2 Å². The van der Waals surface area contributed by atoms with Crippen LogP contribution in [-0.4, -0.2) is 20.6 Å². The van der Waals surface area contributed by atoms with Crippen LogP contribution < -0.4 is 0 Å². The molecule has 0 amide bonds. The van der Waals surface area contributed by atoms with E-state index in [1.807, 2.05) is 0 Å². The van der Waals surface area contributed by atoms with E-state index in [1.54, 1.807) is 25.1 Å². The Morgan fingerprint density at radius 1 is 1.25 bits per heavy atom. The van der Waals surface area contributed by atoms with Crippen LogP contribution in [0.3, 0.4) is 0 Å². The summed E-state index contributed by atoms with van der Waals surface area (Å²) in [6, 6.07) is 6.30. The zero-order chi connectivity index (χ0) is 12.6. The molecule has 0 aliphatic carbocycles. The van der Waals surface area contributed by atoms with Gasteiger partial charge in [0.25, 0.3) is 16.1 Å². The molecule has 1 N–H and O–H groups in total. The van der Waals surface area contributed by atoms with Gasteiger partial charge in [-0.2, -0.15) is 8.42 Å². The lowest BCUT2D eigenvalue weighted by Crippen LogP contribution is -1.98. The number of sulfonamides is 1. The van der Waals surface area contributed by atoms with Crippen molar-refractivity contribution in [2.24, 2.45) is 4.40 Å². The van der Waals surface area contributed by atoms with Crippen molar-refractivity contribution in [2.45, 2.75) is 11.8 Å².